The van der Waals surface area contributed by atoms with Crippen LogP contribution in [0.15, 0.2) is 48.8 Å². The summed E-state index contributed by atoms with van der Waals surface area (Å²) in [4.78, 5) is 20.7. The molecular formula is C12H11N2O2+. The number of hydrogen-bond donors (Lipinski definition) is 0. The van der Waals surface area contributed by atoms with Crippen molar-refractivity contribution in [1.82, 2.24) is 4.98 Å². The SMILES string of the molecule is CO[N+](=O)c1ccccc1-c1cccnc1. The van der Waals surface area contributed by atoms with E-state index < -0.39 is 0 Å². The van der Waals surface area contributed by atoms with Crippen LogP contribution in [0.2, 0.25) is 0 Å². The van der Waals surface area contributed by atoms with Gasteiger partial charge in [0.15, 0.2) is 7.11 Å². The first-order chi connectivity index (χ1) is 7.83. The molecule has 1 heterocycles. The normalized spacial score (nSPS) is 9.81. The van der Waals surface area contributed by atoms with Gasteiger partial charge in [-0.3, -0.25) is 4.98 Å². The van der Waals surface area contributed by atoms with Gasteiger partial charge in [-0.25, -0.2) is 4.84 Å². The maximum Gasteiger partial charge on any atom is 0.324 e. The molecular weight excluding hydrogens is 204 g/mol. The summed E-state index contributed by atoms with van der Waals surface area (Å²) in [6.45, 7) is 0. The number of hydrogen-bond acceptors (Lipinski definition) is 3. The number of benzene rings is 1. The molecule has 0 saturated heterocycles. The van der Waals surface area contributed by atoms with Crippen LogP contribution in [-0.4, -0.2) is 17.0 Å². The highest BCUT2D eigenvalue weighted by atomic mass is 16.8. The largest absolute Gasteiger partial charge is 0.324 e. The Labute approximate surface area is 93.0 Å². The predicted octanol–water partition coefficient (Wildman–Crippen LogP) is 2.72. The van der Waals surface area contributed by atoms with Crippen LogP contribution in [0, 0.1) is 4.91 Å². The molecule has 2 rings (SSSR count). The molecule has 1 aromatic carbocycles. The van der Waals surface area contributed by atoms with E-state index >= 15 is 0 Å². The van der Waals surface area contributed by atoms with Gasteiger partial charge in [-0.2, -0.15) is 0 Å². The lowest BCUT2D eigenvalue weighted by molar-refractivity contribution is -0.736. The molecule has 0 fully saturated rings. The Bertz CT molecular complexity index is 497. The minimum Gasteiger partial charge on any atom is -0.264 e. The van der Waals surface area contributed by atoms with Crippen LogP contribution in [0.1, 0.15) is 0 Å². The van der Waals surface area contributed by atoms with Crippen LogP contribution < -0.4 is 0 Å². The van der Waals surface area contributed by atoms with E-state index in [9.17, 15) is 4.91 Å². The average Bonchev–Trinajstić information content (AvgIpc) is 2.39. The summed E-state index contributed by atoms with van der Waals surface area (Å²) in [7, 11) is 1.34. The van der Waals surface area contributed by atoms with Crippen molar-refractivity contribution < 1.29 is 9.76 Å². The van der Waals surface area contributed by atoms with Crippen molar-refractivity contribution in [1.29, 1.82) is 0 Å². The molecule has 4 heteroatoms. The van der Waals surface area contributed by atoms with E-state index in [1.807, 2.05) is 24.3 Å². The number of rotatable bonds is 3. The minimum atomic E-state index is 0.470. The zero-order valence-corrected chi connectivity index (χ0v) is 8.83. The van der Waals surface area contributed by atoms with Crippen LogP contribution in [-0.2, 0) is 4.84 Å². The molecule has 0 aliphatic rings. The van der Waals surface area contributed by atoms with Crippen molar-refractivity contribution in [3.63, 3.8) is 0 Å². The fraction of sp³-hybridized carbons (Fsp3) is 0.0833. The third-order valence-electron chi connectivity index (χ3n) is 2.24. The van der Waals surface area contributed by atoms with Gasteiger partial charge in [0.2, 0.25) is 0 Å². The summed E-state index contributed by atoms with van der Waals surface area (Å²) in [5, 5.41) is 0. The molecule has 0 aliphatic carbocycles. The zero-order valence-electron chi connectivity index (χ0n) is 8.83. The second-order valence-electron chi connectivity index (χ2n) is 3.20. The van der Waals surface area contributed by atoms with Gasteiger partial charge in [-0.1, -0.05) is 18.2 Å². The molecule has 80 valence electrons. The number of para-hydroxylation sites is 1. The van der Waals surface area contributed by atoms with Crippen LogP contribution in [0.4, 0.5) is 5.69 Å². The summed E-state index contributed by atoms with van der Waals surface area (Å²) in [5.41, 5.74) is 2.15. The third kappa shape index (κ3) is 1.91. The zero-order chi connectivity index (χ0) is 11.4. The number of pyridine rings is 1. The van der Waals surface area contributed by atoms with Crippen molar-refractivity contribution in [2.75, 3.05) is 7.11 Å². The maximum absolute atomic E-state index is 11.5. The molecule has 0 spiro atoms. The van der Waals surface area contributed by atoms with E-state index in [0.29, 0.717) is 10.6 Å². The van der Waals surface area contributed by atoms with Gasteiger partial charge in [0.1, 0.15) is 0 Å². The van der Waals surface area contributed by atoms with Gasteiger partial charge in [0.25, 0.3) is 4.92 Å². The van der Waals surface area contributed by atoms with E-state index in [1.54, 1.807) is 24.5 Å². The van der Waals surface area contributed by atoms with E-state index in [1.165, 1.54) is 7.11 Å². The van der Waals surface area contributed by atoms with Crippen molar-refractivity contribution in [2.45, 2.75) is 0 Å². The Morgan fingerprint density at radius 2 is 2.00 bits per heavy atom. The summed E-state index contributed by atoms with van der Waals surface area (Å²) in [5.74, 6) is 0. The molecule has 0 N–H and O–H groups in total. The third-order valence-corrected chi connectivity index (χ3v) is 2.24. The van der Waals surface area contributed by atoms with Crippen LogP contribution in [0.5, 0.6) is 0 Å². The average molecular weight is 215 g/mol. The van der Waals surface area contributed by atoms with E-state index in [-0.39, 0.29) is 0 Å². The molecule has 0 bridgehead atoms. The molecule has 1 aromatic heterocycles. The molecule has 16 heavy (non-hydrogen) atoms. The Hall–Kier alpha value is -2.23. The monoisotopic (exact) mass is 215 g/mol. The summed E-state index contributed by atoms with van der Waals surface area (Å²) in [6.07, 6.45) is 3.40. The minimum absolute atomic E-state index is 0.470. The van der Waals surface area contributed by atoms with Gasteiger partial charge < -0.3 is 0 Å². The van der Waals surface area contributed by atoms with Crippen molar-refractivity contribution in [2.24, 2.45) is 0 Å². The van der Waals surface area contributed by atoms with Gasteiger partial charge >= 0.3 is 5.69 Å². The highest BCUT2D eigenvalue weighted by Gasteiger charge is 2.20. The second kappa shape index (κ2) is 4.53. The molecule has 4 nitrogen and oxygen atoms in total. The van der Waals surface area contributed by atoms with Gasteiger partial charge in [-0.15, -0.1) is 0 Å². The van der Waals surface area contributed by atoms with E-state index in [2.05, 4.69) is 9.82 Å². The highest BCUT2D eigenvalue weighted by Crippen LogP contribution is 2.28. The second-order valence-corrected chi connectivity index (χ2v) is 3.20. The molecule has 0 amide bonds. The molecule has 2 aromatic rings. The molecule has 0 aliphatic heterocycles. The quantitative estimate of drug-likeness (QED) is 0.739. The Balaban J connectivity index is 2.53. The van der Waals surface area contributed by atoms with Crippen molar-refractivity contribution in [3.05, 3.63) is 53.7 Å². The Kier molecular flexibility index (Phi) is 2.91. The van der Waals surface area contributed by atoms with Gasteiger partial charge in [0, 0.05) is 24.0 Å². The lowest BCUT2D eigenvalue weighted by Gasteiger charge is -2.00. The van der Waals surface area contributed by atoms with Crippen LogP contribution in [0.25, 0.3) is 11.1 Å². The first-order valence-electron chi connectivity index (χ1n) is 4.83. The fourth-order valence-corrected chi connectivity index (χ4v) is 1.50. The summed E-state index contributed by atoms with van der Waals surface area (Å²) in [6, 6.07) is 11.0. The van der Waals surface area contributed by atoms with Gasteiger partial charge in [-0.05, 0) is 12.1 Å². The van der Waals surface area contributed by atoms with Crippen molar-refractivity contribution >= 4 is 5.69 Å². The van der Waals surface area contributed by atoms with E-state index in [4.69, 9.17) is 0 Å². The van der Waals surface area contributed by atoms with Crippen LogP contribution in [0.3, 0.4) is 0 Å². The number of nitrogens with zero attached hydrogens (tertiary/aromatic N) is 2. The first-order valence-corrected chi connectivity index (χ1v) is 4.83. The lowest BCUT2D eigenvalue weighted by Crippen LogP contribution is -1.99. The Morgan fingerprint density at radius 1 is 1.19 bits per heavy atom. The highest BCUT2D eigenvalue weighted by molar-refractivity contribution is 5.72. The summed E-state index contributed by atoms with van der Waals surface area (Å²) >= 11 is 0. The van der Waals surface area contributed by atoms with E-state index in [0.717, 1.165) is 11.1 Å². The molecule has 0 saturated carbocycles. The summed E-state index contributed by atoms with van der Waals surface area (Å²) < 4.78 is 0. The van der Waals surface area contributed by atoms with Crippen LogP contribution >= 0.6 is 0 Å². The van der Waals surface area contributed by atoms with Gasteiger partial charge in [0.05, 0.1) is 10.5 Å². The predicted molar refractivity (Wildman–Crippen MR) is 60.0 cm³/mol. The topological polar surface area (TPSA) is 42.2 Å². The molecule has 0 unspecified atom stereocenters. The molecule has 0 atom stereocenters. The lowest BCUT2D eigenvalue weighted by atomic mass is 10.1. The van der Waals surface area contributed by atoms with Crippen molar-refractivity contribution in [3.8, 4) is 11.1 Å². The number of aromatic nitrogens is 1. The smallest absolute Gasteiger partial charge is 0.264 e. The fourth-order valence-electron chi connectivity index (χ4n) is 1.50. The molecule has 0 radical (unpaired) electrons. The maximum atomic E-state index is 11.5. The standard InChI is InChI=1S/C12H11N2O2/c1-16-14(15)12-7-3-2-6-11(12)10-5-4-8-13-9-10/h2-9H,1H3/q+1. The first kappa shape index (κ1) is 10.3. The Morgan fingerprint density at radius 3 is 2.69 bits per heavy atom.